The highest BCUT2D eigenvalue weighted by atomic mass is 16.4. The van der Waals surface area contributed by atoms with E-state index in [1.165, 1.54) is 11.1 Å². The Bertz CT molecular complexity index is 599. The van der Waals surface area contributed by atoms with Crippen LogP contribution in [0.5, 0.6) is 0 Å². The molecule has 0 aliphatic rings. The van der Waals surface area contributed by atoms with E-state index in [-0.39, 0.29) is 5.92 Å². The molecular formula is C19H22O2. The minimum absolute atomic E-state index is 0.376. The zero-order chi connectivity index (χ0) is 15.2. The molecular weight excluding hydrogens is 260 g/mol. The molecule has 2 aromatic carbocycles. The maximum Gasteiger partial charge on any atom is 0.307 e. The molecule has 1 N–H and O–H groups in total. The summed E-state index contributed by atoms with van der Waals surface area (Å²) in [7, 11) is 0. The van der Waals surface area contributed by atoms with Crippen molar-refractivity contribution in [2.24, 2.45) is 5.92 Å². The van der Waals surface area contributed by atoms with E-state index < -0.39 is 5.97 Å². The molecule has 0 aromatic heterocycles. The van der Waals surface area contributed by atoms with Crippen molar-refractivity contribution in [1.29, 1.82) is 0 Å². The van der Waals surface area contributed by atoms with Gasteiger partial charge in [-0.1, -0.05) is 61.0 Å². The Morgan fingerprint density at radius 2 is 1.62 bits per heavy atom. The standard InChI is InChI=1S/C19H22O2/c1-3-15-7-9-16(10-8-15)12-18(19(20)21)13-17-6-4-5-14(2)11-17/h4-11,18H,3,12-13H2,1-2H3,(H,20,21). The van der Waals surface area contributed by atoms with E-state index in [1.807, 2.05) is 37.3 Å². The highest BCUT2D eigenvalue weighted by Gasteiger charge is 2.18. The van der Waals surface area contributed by atoms with Gasteiger partial charge in [-0.15, -0.1) is 0 Å². The summed E-state index contributed by atoms with van der Waals surface area (Å²) in [5.41, 5.74) is 4.63. The van der Waals surface area contributed by atoms with Crippen LogP contribution < -0.4 is 0 Å². The number of carboxylic acid groups (broad SMARTS) is 1. The maximum atomic E-state index is 11.5. The molecule has 0 bridgehead atoms. The Hall–Kier alpha value is -2.09. The summed E-state index contributed by atoms with van der Waals surface area (Å²) in [5.74, 6) is -1.10. The quantitative estimate of drug-likeness (QED) is 0.868. The molecule has 0 aliphatic heterocycles. The number of carbonyl (C=O) groups is 1. The molecule has 0 heterocycles. The van der Waals surface area contributed by atoms with Gasteiger partial charge < -0.3 is 5.11 Å². The molecule has 2 nitrogen and oxygen atoms in total. The fraction of sp³-hybridized carbons (Fsp3) is 0.316. The van der Waals surface area contributed by atoms with Gasteiger partial charge in [-0.05, 0) is 42.9 Å². The van der Waals surface area contributed by atoms with Crippen LogP contribution in [0.25, 0.3) is 0 Å². The Morgan fingerprint density at radius 3 is 2.19 bits per heavy atom. The predicted octanol–water partition coefficient (Wildman–Crippen LogP) is 4.04. The molecule has 0 fully saturated rings. The monoisotopic (exact) mass is 282 g/mol. The molecule has 2 aromatic rings. The predicted molar refractivity (Wildman–Crippen MR) is 85.5 cm³/mol. The van der Waals surface area contributed by atoms with Crippen molar-refractivity contribution in [3.63, 3.8) is 0 Å². The SMILES string of the molecule is CCc1ccc(CC(Cc2cccc(C)c2)C(=O)O)cc1. The van der Waals surface area contributed by atoms with Gasteiger partial charge in [0.25, 0.3) is 0 Å². The molecule has 0 amide bonds. The second-order valence-electron chi connectivity index (χ2n) is 5.60. The first-order valence-electron chi connectivity index (χ1n) is 7.44. The number of hydrogen-bond acceptors (Lipinski definition) is 1. The fourth-order valence-electron chi connectivity index (χ4n) is 2.57. The van der Waals surface area contributed by atoms with Crippen molar-refractivity contribution in [1.82, 2.24) is 0 Å². The smallest absolute Gasteiger partial charge is 0.307 e. The van der Waals surface area contributed by atoms with Crippen molar-refractivity contribution in [2.45, 2.75) is 33.1 Å². The summed E-state index contributed by atoms with van der Waals surface area (Å²) in [6.45, 7) is 4.15. The van der Waals surface area contributed by atoms with Crippen molar-refractivity contribution in [2.75, 3.05) is 0 Å². The van der Waals surface area contributed by atoms with E-state index in [1.54, 1.807) is 0 Å². The molecule has 0 radical (unpaired) electrons. The van der Waals surface area contributed by atoms with E-state index in [2.05, 4.69) is 25.1 Å². The average Bonchev–Trinajstić information content (AvgIpc) is 2.47. The third-order valence-corrected chi connectivity index (χ3v) is 3.83. The van der Waals surface area contributed by atoms with Crippen LogP contribution in [0, 0.1) is 12.8 Å². The minimum Gasteiger partial charge on any atom is -0.481 e. The first kappa shape index (κ1) is 15.3. The molecule has 21 heavy (non-hydrogen) atoms. The summed E-state index contributed by atoms with van der Waals surface area (Å²) in [6, 6.07) is 16.3. The van der Waals surface area contributed by atoms with E-state index in [4.69, 9.17) is 0 Å². The van der Waals surface area contributed by atoms with Crippen LogP contribution >= 0.6 is 0 Å². The maximum absolute atomic E-state index is 11.5. The van der Waals surface area contributed by atoms with Gasteiger partial charge in [0.05, 0.1) is 5.92 Å². The molecule has 2 heteroatoms. The summed E-state index contributed by atoms with van der Waals surface area (Å²) >= 11 is 0. The van der Waals surface area contributed by atoms with Crippen LogP contribution in [0.3, 0.4) is 0 Å². The number of benzene rings is 2. The zero-order valence-corrected chi connectivity index (χ0v) is 12.7. The van der Waals surface area contributed by atoms with Crippen LogP contribution in [0.1, 0.15) is 29.2 Å². The zero-order valence-electron chi connectivity index (χ0n) is 12.7. The van der Waals surface area contributed by atoms with E-state index in [9.17, 15) is 9.90 Å². The second kappa shape index (κ2) is 7.07. The van der Waals surface area contributed by atoms with Gasteiger partial charge in [0.1, 0.15) is 0 Å². The Balaban J connectivity index is 2.10. The van der Waals surface area contributed by atoms with Crippen LogP contribution in [-0.4, -0.2) is 11.1 Å². The number of carboxylic acids is 1. The van der Waals surface area contributed by atoms with Crippen molar-refractivity contribution in [3.05, 3.63) is 70.8 Å². The van der Waals surface area contributed by atoms with Crippen LogP contribution in [0.15, 0.2) is 48.5 Å². The highest BCUT2D eigenvalue weighted by Crippen LogP contribution is 2.17. The molecule has 0 saturated heterocycles. The molecule has 0 spiro atoms. The summed E-state index contributed by atoms with van der Waals surface area (Å²) in [6.07, 6.45) is 2.16. The number of aryl methyl sites for hydroxylation is 2. The average molecular weight is 282 g/mol. The van der Waals surface area contributed by atoms with Gasteiger partial charge in [-0.2, -0.15) is 0 Å². The van der Waals surface area contributed by atoms with E-state index in [0.717, 1.165) is 17.5 Å². The summed E-state index contributed by atoms with van der Waals surface area (Å²) in [5, 5.41) is 9.47. The molecule has 1 atom stereocenters. The normalized spacial score (nSPS) is 12.1. The minimum atomic E-state index is -0.726. The lowest BCUT2D eigenvalue weighted by Gasteiger charge is -2.13. The van der Waals surface area contributed by atoms with Crippen LogP contribution in [-0.2, 0) is 24.1 Å². The highest BCUT2D eigenvalue weighted by molar-refractivity contribution is 5.71. The van der Waals surface area contributed by atoms with Gasteiger partial charge in [-0.25, -0.2) is 0 Å². The Morgan fingerprint density at radius 1 is 1.00 bits per heavy atom. The molecule has 2 rings (SSSR count). The summed E-state index contributed by atoms with van der Waals surface area (Å²) < 4.78 is 0. The third-order valence-electron chi connectivity index (χ3n) is 3.83. The number of aliphatic carboxylic acids is 1. The topological polar surface area (TPSA) is 37.3 Å². The first-order chi connectivity index (χ1) is 10.1. The third kappa shape index (κ3) is 4.45. The molecule has 0 aliphatic carbocycles. The number of hydrogen-bond donors (Lipinski definition) is 1. The van der Waals surface area contributed by atoms with Gasteiger partial charge in [0.15, 0.2) is 0 Å². The molecule has 0 saturated carbocycles. The molecule has 110 valence electrons. The molecule has 1 unspecified atom stereocenters. The van der Waals surface area contributed by atoms with E-state index >= 15 is 0 Å². The van der Waals surface area contributed by atoms with Gasteiger partial charge in [0.2, 0.25) is 0 Å². The lowest BCUT2D eigenvalue weighted by atomic mass is 9.91. The van der Waals surface area contributed by atoms with Gasteiger partial charge >= 0.3 is 5.97 Å². The Kier molecular flexibility index (Phi) is 5.15. The number of rotatable bonds is 6. The van der Waals surface area contributed by atoms with Crippen LogP contribution in [0.2, 0.25) is 0 Å². The van der Waals surface area contributed by atoms with E-state index in [0.29, 0.717) is 12.8 Å². The van der Waals surface area contributed by atoms with Crippen molar-refractivity contribution in [3.8, 4) is 0 Å². The van der Waals surface area contributed by atoms with Crippen molar-refractivity contribution >= 4 is 5.97 Å². The first-order valence-corrected chi connectivity index (χ1v) is 7.44. The Labute approximate surface area is 126 Å². The van der Waals surface area contributed by atoms with Gasteiger partial charge in [0, 0.05) is 0 Å². The lowest BCUT2D eigenvalue weighted by Crippen LogP contribution is -2.19. The fourth-order valence-corrected chi connectivity index (χ4v) is 2.57. The van der Waals surface area contributed by atoms with Gasteiger partial charge in [-0.3, -0.25) is 4.79 Å². The summed E-state index contributed by atoms with van der Waals surface area (Å²) in [4.78, 5) is 11.5. The largest absolute Gasteiger partial charge is 0.481 e. The van der Waals surface area contributed by atoms with Crippen LogP contribution in [0.4, 0.5) is 0 Å². The second-order valence-corrected chi connectivity index (χ2v) is 5.60. The van der Waals surface area contributed by atoms with Crippen molar-refractivity contribution < 1.29 is 9.90 Å². The lowest BCUT2D eigenvalue weighted by molar-refractivity contribution is -0.141.